The number of amides is 1. The van der Waals surface area contributed by atoms with E-state index in [1.54, 1.807) is 12.3 Å². The van der Waals surface area contributed by atoms with Gasteiger partial charge in [-0.25, -0.2) is 0 Å². The fourth-order valence-electron chi connectivity index (χ4n) is 1.35. The van der Waals surface area contributed by atoms with Crippen LogP contribution in [0, 0.1) is 0 Å². The molecule has 0 atom stereocenters. The molecule has 0 saturated carbocycles. The lowest BCUT2D eigenvalue weighted by atomic mass is 10.2. The van der Waals surface area contributed by atoms with Gasteiger partial charge in [0.15, 0.2) is 0 Å². The highest BCUT2D eigenvalue weighted by molar-refractivity contribution is 5.92. The molecule has 4 heteroatoms. The van der Waals surface area contributed by atoms with Crippen molar-refractivity contribution in [1.29, 1.82) is 0 Å². The number of aromatic nitrogens is 1. The van der Waals surface area contributed by atoms with Crippen molar-refractivity contribution in [3.8, 4) is 0 Å². The number of hydrogen-bond donors (Lipinski definition) is 2. The van der Waals surface area contributed by atoms with Crippen molar-refractivity contribution >= 4 is 5.91 Å². The van der Waals surface area contributed by atoms with Crippen LogP contribution < -0.4 is 11.1 Å². The SMILES string of the molecule is CCCCCNC(=O)c1ccc(CN)cn1. The zero-order valence-electron chi connectivity index (χ0n) is 9.70. The molecule has 0 saturated heterocycles. The molecule has 0 aliphatic rings. The van der Waals surface area contributed by atoms with E-state index in [4.69, 9.17) is 5.73 Å². The molecular formula is C12H19N3O. The minimum atomic E-state index is -0.111. The van der Waals surface area contributed by atoms with Crippen LogP contribution in [-0.2, 0) is 6.54 Å². The summed E-state index contributed by atoms with van der Waals surface area (Å²) in [7, 11) is 0. The Labute approximate surface area is 96.3 Å². The first-order valence-electron chi connectivity index (χ1n) is 5.71. The standard InChI is InChI=1S/C12H19N3O/c1-2-3-4-7-14-12(16)11-6-5-10(8-13)9-15-11/h5-6,9H,2-4,7-8,13H2,1H3,(H,14,16). The Morgan fingerprint density at radius 2 is 2.25 bits per heavy atom. The fraction of sp³-hybridized carbons (Fsp3) is 0.500. The lowest BCUT2D eigenvalue weighted by Crippen LogP contribution is -2.25. The first-order chi connectivity index (χ1) is 7.77. The van der Waals surface area contributed by atoms with Gasteiger partial charge < -0.3 is 11.1 Å². The average molecular weight is 221 g/mol. The number of carbonyl (C=O) groups is 1. The summed E-state index contributed by atoms with van der Waals surface area (Å²) < 4.78 is 0. The largest absolute Gasteiger partial charge is 0.351 e. The van der Waals surface area contributed by atoms with E-state index in [2.05, 4.69) is 17.2 Å². The molecule has 1 aromatic heterocycles. The summed E-state index contributed by atoms with van der Waals surface area (Å²) in [6, 6.07) is 3.53. The van der Waals surface area contributed by atoms with E-state index in [-0.39, 0.29) is 5.91 Å². The van der Waals surface area contributed by atoms with Gasteiger partial charge in [0.05, 0.1) is 0 Å². The Morgan fingerprint density at radius 3 is 2.81 bits per heavy atom. The summed E-state index contributed by atoms with van der Waals surface area (Å²) in [5.41, 5.74) is 6.83. The molecule has 0 bridgehead atoms. The molecule has 1 aromatic rings. The van der Waals surface area contributed by atoms with Crippen molar-refractivity contribution in [3.05, 3.63) is 29.6 Å². The van der Waals surface area contributed by atoms with Crippen LogP contribution in [0.1, 0.15) is 42.2 Å². The Morgan fingerprint density at radius 1 is 1.44 bits per heavy atom. The van der Waals surface area contributed by atoms with E-state index in [9.17, 15) is 4.79 Å². The van der Waals surface area contributed by atoms with Crippen molar-refractivity contribution in [2.75, 3.05) is 6.54 Å². The minimum absolute atomic E-state index is 0.111. The van der Waals surface area contributed by atoms with Gasteiger partial charge in [-0.3, -0.25) is 9.78 Å². The van der Waals surface area contributed by atoms with Crippen LogP contribution in [0.4, 0.5) is 0 Å². The number of hydrogen-bond acceptors (Lipinski definition) is 3. The maximum Gasteiger partial charge on any atom is 0.269 e. The van der Waals surface area contributed by atoms with Gasteiger partial charge in [0, 0.05) is 19.3 Å². The van der Waals surface area contributed by atoms with Gasteiger partial charge in [-0.2, -0.15) is 0 Å². The van der Waals surface area contributed by atoms with Crippen LogP contribution in [0.3, 0.4) is 0 Å². The van der Waals surface area contributed by atoms with Gasteiger partial charge in [-0.05, 0) is 18.1 Å². The van der Waals surface area contributed by atoms with Crippen molar-refractivity contribution in [3.63, 3.8) is 0 Å². The first-order valence-corrected chi connectivity index (χ1v) is 5.71. The summed E-state index contributed by atoms with van der Waals surface area (Å²) in [4.78, 5) is 15.7. The van der Waals surface area contributed by atoms with E-state index in [0.29, 0.717) is 18.8 Å². The number of carbonyl (C=O) groups excluding carboxylic acids is 1. The highest BCUT2D eigenvalue weighted by Gasteiger charge is 2.05. The third-order valence-electron chi connectivity index (χ3n) is 2.36. The van der Waals surface area contributed by atoms with Gasteiger partial charge in [0.1, 0.15) is 5.69 Å². The first kappa shape index (κ1) is 12.6. The molecule has 16 heavy (non-hydrogen) atoms. The molecule has 0 unspecified atom stereocenters. The number of nitrogens with zero attached hydrogens (tertiary/aromatic N) is 1. The summed E-state index contributed by atoms with van der Waals surface area (Å²) >= 11 is 0. The summed E-state index contributed by atoms with van der Waals surface area (Å²) in [5, 5.41) is 2.84. The van der Waals surface area contributed by atoms with E-state index in [0.717, 1.165) is 24.8 Å². The smallest absolute Gasteiger partial charge is 0.269 e. The zero-order valence-corrected chi connectivity index (χ0v) is 9.70. The number of nitrogens with two attached hydrogens (primary N) is 1. The van der Waals surface area contributed by atoms with E-state index in [1.807, 2.05) is 6.07 Å². The number of rotatable bonds is 6. The van der Waals surface area contributed by atoms with Crippen LogP contribution >= 0.6 is 0 Å². The van der Waals surface area contributed by atoms with Crippen molar-refractivity contribution in [2.24, 2.45) is 5.73 Å². The Balaban J connectivity index is 2.40. The number of pyridine rings is 1. The third-order valence-corrected chi connectivity index (χ3v) is 2.36. The molecule has 1 amide bonds. The molecule has 1 heterocycles. The molecule has 1 rings (SSSR count). The Hall–Kier alpha value is -1.42. The van der Waals surface area contributed by atoms with Gasteiger partial charge in [-0.1, -0.05) is 25.8 Å². The maximum absolute atomic E-state index is 11.6. The van der Waals surface area contributed by atoms with Crippen LogP contribution in [0.2, 0.25) is 0 Å². The molecule has 4 nitrogen and oxygen atoms in total. The second kappa shape index (κ2) is 6.95. The summed E-state index contributed by atoms with van der Waals surface area (Å²) in [6.07, 6.45) is 4.95. The highest BCUT2D eigenvalue weighted by Crippen LogP contribution is 1.99. The van der Waals surface area contributed by atoms with Crippen LogP contribution in [-0.4, -0.2) is 17.4 Å². The highest BCUT2D eigenvalue weighted by atomic mass is 16.1. The molecule has 0 spiro atoms. The lowest BCUT2D eigenvalue weighted by Gasteiger charge is -2.04. The predicted octanol–water partition coefficient (Wildman–Crippen LogP) is 1.46. The zero-order chi connectivity index (χ0) is 11.8. The predicted molar refractivity (Wildman–Crippen MR) is 64.0 cm³/mol. The molecular weight excluding hydrogens is 202 g/mol. The van der Waals surface area contributed by atoms with Crippen LogP contribution in [0.5, 0.6) is 0 Å². The molecule has 0 fully saturated rings. The third kappa shape index (κ3) is 3.98. The normalized spacial score (nSPS) is 10.1. The minimum Gasteiger partial charge on any atom is -0.351 e. The lowest BCUT2D eigenvalue weighted by molar-refractivity contribution is 0.0948. The monoisotopic (exact) mass is 221 g/mol. The second-order valence-electron chi connectivity index (χ2n) is 3.72. The summed E-state index contributed by atoms with van der Waals surface area (Å²) in [5.74, 6) is -0.111. The number of nitrogens with one attached hydrogen (secondary N) is 1. The van der Waals surface area contributed by atoms with Crippen LogP contribution in [0.15, 0.2) is 18.3 Å². The van der Waals surface area contributed by atoms with Gasteiger partial charge in [0.25, 0.3) is 5.91 Å². The molecule has 3 N–H and O–H groups in total. The van der Waals surface area contributed by atoms with E-state index >= 15 is 0 Å². The van der Waals surface area contributed by atoms with E-state index < -0.39 is 0 Å². The van der Waals surface area contributed by atoms with Crippen molar-refractivity contribution in [2.45, 2.75) is 32.7 Å². The van der Waals surface area contributed by atoms with Crippen molar-refractivity contribution < 1.29 is 4.79 Å². The quantitative estimate of drug-likeness (QED) is 0.715. The van der Waals surface area contributed by atoms with Crippen molar-refractivity contribution in [1.82, 2.24) is 10.3 Å². The fourth-order valence-corrected chi connectivity index (χ4v) is 1.35. The van der Waals surface area contributed by atoms with E-state index in [1.165, 1.54) is 0 Å². The summed E-state index contributed by atoms with van der Waals surface area (Å²) in [6.45, 7) is 3.30. The molecule has 0 radical (unpaired) electrons. The van der Waals surface area contributed by atoms with Gasteiger partial charge >= 0.3 is 0 Å². The molecule has 0 aliphatic carbocycles. The van der Waals surface area contributed by atoms with Gasteiger partial charge in [0.2, 0.25) is 0 Å². The maximum atomic E-state index is 11.6. The molecule has 0 aromatic carbocycles. The second-order valence-corrected chi connectivity index (χ2v) is 3.72. The number of unbranched alkanes of at least 4 members (excludes halogenated alkanes) is 2. The molecule has 88 valence electrons. The Bertz CT molecular complexity index is 322. The molecule has 0 aliphatic heterocycles. The van der Waals surface area contributed by atoms with Crippen LogP contribution in [0.25, 0.3) is 0 Å². The van der Waals surface area contributed by atoms with Gasteiger partial charge in [-0.15, -0.1) is 0 Å². The topological polar surface area (TPSA) is 68.0 Å². The Kier molecular flexibility index (Phi) is 5.50. The average Bonchev–Trinajstić information content (AvgIpc) is 2.34.